The summed E-state index contributed by atoms with van der Waals surface area (Å²) < 4.78 is 7.85. The van der Waals surface area contributed by atoms with Crippen molar-refractivity contribution in [3.63, 3.8) is 0 Å². The third-order valence-corrected chi connectivity index (χ3v) is 4.82. The number of ether oxygens (including phenoxy) is 1. The molecule has 0 unspecified atom stereocenters. The van der Waals surface area contributed by atoms with Crippen LogP contribution in [0.5, 0.6) is 0 Å². The first kappa shape index (κ1) is 15.0. The van der Waals surface area contributed by atoms with E-state index in [0.29, 0.717) is 25.2 Å². The second-order valence-corrected chi connectivity index (χ2v) is 6.50. The molecule has 2 aliphatic rings. The highest BCUT2D eigenvalue weighted by molar-refractivity contribution is 5.02. The molecule has 1 aliphatic heterocycles. The zero-order valence-electron chi connectivity index (χ0n) is 13.0. The number of aliphatic hydroxyl groups excluding tert-OH is 1. The van der Waals surface area contributed by atoms with E-state index in [-0.39, 0.29) is 12.1 Å². The van der Waals surface area contributed by atoms with Gasteiger partial charge in [-0.15, -0.1) is 0 Å². The van der Waals surface area contributed by atoms with Crippen LogP contribution in [0.2, 0.25) is 0 Å². The molecule has 0 spiro atoms. The summed E-state index contributed by atoms with van der Waals surface area (Å²) in [6, 6.07) is 0.996. The lowest BCUT2D eigenvalue weighted by Gasteiger charge is -2.47. The van der Waals surface area contributed by atoms with Crippen LogP contribution >= 0.6 is 0 Å². The van der Waals surface area contributed by atoms with Gasteiger partial charge in [0, 0.05) is 31.4 Å². The summed E-state index contributed by atoms with van der Waals surface area (Å²) in [5.41, 5.74) is 0.721. The molecule has 0 aromatic carbocycles. The number of hydrogen-bond donors (Lipinski definition) is 2. The van der Waals surface area contributed by atoms with Crippen molar-refractivity contribution < 1.29 is 9.84 Å². The van der Waals surface area contributed by atoms with E-state index in [4.69, 9.17) is 4.74 Å². The molecular weight excluding hydrogens is 268 g/mol. The van der Waals surface area contributed by atoms with Crippen molar-refractivity contribution >= 4 is 0 Å². The Morgan fingerprint density at radius 1 is 1.52 bits per heavy atom. The number of rotatable bonds is 6. The molecule has 2 atom stereocenters. The van der Waals surface area contributed by atoms with Crippen LogP contribution in [-0.2, 0) is 11.3 Å². The number of nitrogens with one attached hydrogen (secondary N) is 1. The first-order valence-electron chi connectivity index (χ1n) is 7.79. The number of aromatic nitrogens is 2. The van der Waals surface area contributed by atoms with Gasteiger partial charge in [0.15, 0.2) is 0 Å². The van der Waals surface area contributed by atoms with Gasteiger partial charge in [0.05, 0.1) is 37.4 Å². The summed E-state index contributed by atoms with van der Waals surface area (Å²) in [6.07, 6.45) is 6.60. The van der Waals surface area contributed by atoms with E-state index in [1.807, 2.05) is 6.33 Å². The first-order valence-corrected chi connectivity index (χ1v) is 7.79. The van der Waals surface area contributed by atoms with E-state index in [1.54, 1.807) is 0 Å². The Labute approximate surface area is 126 Å². The molecule has 0 amide bonds. The summed E-state index contributed by atoms with van der Waals surface area (Å²) in [5.74, 6) is 0. The number of imidazole rings is 1. The third-order valence-electron chi connectivity index (χ3n) is 4.82. The van der Waals surface area contributed by atoms with Crippen LogP contribution in [0.25, 0.3) is 0 Å². The Hall–Kier alpha value is -0.950. The van der Waals surface area contributed by atoms with Gasteiger partial charge in [0.2, 0.25) is 0 Å². The third kappa shape index (κ3) is 3.13. The molecule has 118 valence electrons. The lowest BCUT2D eigenvalue weighted by molar-refractivity contribution is -0.106. The van der Waals surface area contributed by atoms with Crippen molar-refractivity contribution in [2.75, 3.05) is 33.4 Å². The number of likely N-dealkylation sites (N-methyl/N-ethyl adjacent to an activating group) is 1. The maximum Gasteiger partial charge on any atom is 0.0952 e. The summed E-state index contributed by atoms with van der Waals surface area (Å²) in [5, 5.41) is 13.3. The molecule has 1 saturated heterocycles. The molecule has 0 bridgehead atoms. The first-order chi connectivity index (χ1) is 10.1. The van der Waals surface area contributed by atoms with Crippen LogP contribution in [0.1, 0.15) is 31.5 Å². The van der Waals surface area contributed by atoms with Gasteiger partial charge in [0.25, 0.3) is 0 Å². The van der Waals surface area contributed by atoms with Crippen LogP contribution in [0.3, 0.4) is 0 Å². The Morgan fingerprint density at radius 3 is 3.05 bits per heavy atom. The molecule has 6 nitrogen and oxygen atoms in total. The van der Waals surface area contributed by atoms with Gasteiger partial charge in [0.1, 0.15) is 0 Å². The van der Waals surface area contributed by atoms with E-state index in [1.165, 1.54) is 12.8 Å². The zero-order chi connectivity index (χ0) is 14.9. The monoisotopic (exact) mass is 294 g/mol. The van der Waals surface area contributed by atoms with Gasteiger partial charge in [-0.1, -0.05) is 0 Å². The molecule has 1 aromatic heterocycles. The minimum Gasteiger partial charge on any atom is -0.394 e. The lowest BCUT2D eigenvalue weighted by Crippen LogP contribution is -2.65. The van der Waals surface area contributed by atoms with Crippen molar-refractivity contribution in [1.82, 2.24) is 19.8 Å². The lowest BCUT2D eigenvalue weighted by atomic mass is 9.96. The fourth-order valence-corrected chi connectivity index (χ4v) is 2.96. The van der Waals surface area contributed by atoms with Crippen LogP contribution in [0.4, 0.5) is 0 Å². The minimum absolute atomic E-state index is 0.0946. The molecule has 21 heavy (non-hydrogen) atoms. The van der Waals surface area contributed by atoms with Crippen molar-refractivity contribution in [2.24, 2.45) is 0 Å². The Kier molecular flexibility index (Phi) is 4.31. The predicted molar refractivity (Wildman–Crippen MR) is 80.1 cm³/mol. The number of nitrogens with zero attached hydrogens (tertiary/aromatic N) is 3. The van der Waals surface area contributed by atoms with Crippen LogP contribution in [0, 0.1) is 0 Å². The standard InChI is InChI=1S/C15H26N4O2/c1-12-7-21-10-15(9-20,18(12)2)8-16-5-13-6-19(11-17-13)14-3-4-14/h6,11-12,14,16,20H,3-5,7-10H2,1-2H3/t12-,15+/m1/s1. The highest BCUT2D eigenvalue weighted by Crippen LogP contribution is 2.34. The molecule has 2 heterocycles. The van der Waals surface area contributed by atoms with Crippen LogP contribution in [-0.4, -0.2) is 64.6 Å². The summed E-state index contributed by atoms with van der Waals surface area (Å²) in [4.78, 5) is 6.66. The van der Waals surface area contributed by atoms with E-state index < -0.39 is 0 Å². The number of hydrogen-bond acceptors (Lipinski definition) is 5. The second-order valence-electron chi connectivity index (χ2n) is 6.50. The maximum atomic E-state index is 9.83. The normalized spacial score (nSPS) is 30.7. The van der Waals surface area contributed by atoms with Crippen molar-refractivity contribution in [2.45, 2.75) is 43.9 Å². The highest BCUT2D eigenvalue weighted by Gasteiger charge is 2.40. The molecule has 2 fully saturated rings. The molecule has 1 aromatic rings. The molecular formula is C15H26N4O2. The second kappa shape index (κ2) is 6.04. The summed E-state index contributed by atoms with van der Waals surface area (Å²) in [6.45, 7) is 4.93. The quantitative estimate of drug-likeness (QED) is 0.795. The van der Waals surface area contributed by atoms with E-state index in [0.717, 1.165) is 18.8 Å². The molecule has 0 radical (unpaired) electrons. The predicted octanol–water partition coefficient (Wildman–Crippen LogP) is 0.389. The smallest absolute Gasteiger partial charge is 0.0952 e. The Morgan fingerprint density at radius 2 is 2.33 bits per heavy atom. The summed E-state index contributed by atoms with van der Waals surface area (Å²) in [7, 11) is 2.06. The van der Waals surface area contributed by atoms with Crippen molar-refractivity contribution in [3.05, 3.63) is 18.2 Å². The van der Waals surface area contributed by atoms with Crippen LogP contribution in [0.15, 0.2) is 12.5 Å². The van der Waals surface area contributed by atoms with Gasteiger partial charge >= 0.3 is 0 Å². The maximum absolute atomic E-state index is 9.83. The summed E-state index contributed by atoms with van der Waals surface area (Å²) >= 11 is 0. The largest absolute Gasteiger partial charge is 0.394 e. The molecule has 2 N–H and O–H groups in total. The van der Waals surface area contributed by atoms with Crippen molar-refractivity contribution in [3.8, 4) is 0 Å². The fourth-order valence-electron chi connectivity index (χ4n) is 2.96. The topological polar surface area (TPSA) is 62.6 Å². The van der Waals surface area contributed by atoms with Gasteiger partial charge in [-0.05, 0) is 26.8 Å². The van der Waals surface area contributed by atoms with E-state index in [9.17, 15) is 5.11 Å². The SMILES string of the molecule is C[C@@H]1COC[C@@](CO)(CNCc2cn(C3CC3)cn2)N1C. The Balaban J connectivity index is 1.54. The van der Waals surface area contributed by atoms with Crippen LogP contribution < -0.4 is 5.32 Å². The number of aliphatic hydroxyl groups is 1. The fraction of sp³-hybridized carbons (Fsp3) is 0.800. The van der Waals surface area contributed by atoms with Crippen molar-refractivity contribution in [1.29, 1.82) is 0 Å². The van der Waals surface area contributed by atoms with Gasteiger partial charge in [-0.25, -0.2) is 4.98 Å². The highest BCUT2D eigenvalue weighted by atomic mass is 16.5. The van der Waals surface area contributed by atoms with Gasteiger partial charge in [-0.2, -0.15) is 0 Å². The minimum atomic E-state index is -0.337. The van der Waals surface area contributed by atoms with Gasteiger partial charge < -0.3 is 19.7 Å². The Bertz CT molecular complexity index is 474. The van der Waals surface area contributed by atoms with E-state index >= 15 is 0 Å². The molecule has 1 saturated carbocycles. The molecule has 1 aliphatic carbocycles. The zero-order valence-corrected chi connectivity index (χ0v) is 13.0. The molecule has 6 heteroatoms. The molecule has 3 rings (SSSR count). The average molecular weight is 294 g/mol. The van der Waals surface area contributed by atoms with E-state index in [2.05, 4.69) is 39.9 Å². The van der Waals surface area contributed by atoms with Gasteiger partial charge in [-0.3, -0.25) is 4.90 Å². The number of morpholine rings is 1. The average Bonchev–Trinajstić information content (AvgIpc) is 3.24.